The van der Waals surface area contributed by atoms with E-state index in [4.69, 9.17) is 9.72 Å². The SMILES string of the molecule is COc1c([C@H](C(=O)O)N2CC[C@@H](N(C)CCCCCc3ccc4c(n3)NCCC4)C2)cc(C2CC2)c(F)c1F. The van der Waals surface area contributed by atoms with E-state index in [9.17, 15) is 18.7 Å². The van der Waals surface area contributed by atoms with Crippen molar-refractivity contribution in [3.63, 3.8) is 0 Å². The first-order chi connectivity index (χ1) is 18.9. The van der Waals surface area contributed by atoms with Gasteiger partial charge < -0.3 is 20.1 Å². The van der Waals surface area contributed by atoms with E-state index >= 15 is 0 Å². The maximum atomic E-state index is 14.9. The molecule has 212 valence electrons. The molecule has 1 saturated carbocycles. The van der Waals surface area contributed by atoms with Crippen LogP contribution in [0.5, 0.6) is 5.75 Å². The molecule has 7 nitrogen and oxygen atoms in total. The predicted molar refractivity (Wildman–Crippen MR) is 146 cm³/mol. The number of carboxylic acids is 1. The summed E-state index contributed by atoms with van der Waals surface area (Å²) < 4.78 is 34.7. The number of nitrogens with one attached hydrogen (secondary N) is 1. The summed E-state index contributed by atoms with van der Waals surface area (Å²) in [5, 5.41) is 13.6. The number of hydrogen-bond donors (Lipinski definition) is 2. The molecule has 2 aromatic rings. The number of unbranched alkanes of at least 4 members (excludes halogenated alkanes) is 2. The molecule has 2 aliphatic heterocycles. The highest BCUT2D eigenvalue weighted by Crippen LogP contribution is 2.46. The summed E-state index contributed by atoms with van der Waals surface area (Å²) in [7, 11) is 3.35. The van der Waals surface area contributed by atoms with Gasteiger partial charge in [0.1, 0.15) is 11.9 Å². The Balaban J connectivity index is 1.14. The Labute approximate surface area is 229 Å². The third-order valence-electron chi connectivity index (χ3n) is 8.55. The van der Waals surface area contributed by atoms with Crippen molar-refractivity contribution in [2.75, 3.05) is 45.7 Å². The van der Waals surface area contributed by atoms with Crippen molar-refractivity contribution >= 4 is 11.8 Å². The van der Waals surface area contributed by atoms with Crippen LogP contribution in [0, 0.1) is 11.6 Å². The number of benzene rings is 1. The van der Waals surface area contributed by atoms with Gasteiger partial charge in [-0.3, -0.25) is 9.69 Å². The quantitative estimate of drug-likeness (QED) is 0.359. The fraction of sp³-hybridized carbons (Fsp3) is 0.600. The number of methoxy groups -OCH3 is 1. The molecule has 0 amide bonds. The smallest absolute Gasteiger partial charge is 0.325 e. The lowest BCUT2D eigenvalue weighted by Gasteiger charge is -2.29. The van der Waals surface area contributed by atoms with Gasteiger partial charge in [-0.2, -0.15) is 4.39 Å². The van der Waals surface area contributed by atoms with Gasteiger partial charge in [0.15, 0.2) is 11.6 Å². The van der Waals surface area contributed by atoms with Gasteiger partial charge in [-0.25, -0.2) is 9.37 Å². The number of halogens is 2. The predicted octanol–water partition coefficient (Wildman–Crippen LogP) is 5.15. The molecule has 5 rings (SSSR count). The number of pyridine rings is 1. The van der Waals surface area contributed by atoms with E-state index in [0.717, 1.165) is 82.4 Å². The number of carbonyl (C=O) groups is 1. The summed E-state index contributed by atoms with van der Waals surface area (Å²) in [4.78, 5) is 21.4. The number of likely N-dealkylation sites (tertiary alicyclic amines) is 1. The van der Waals surface area contributed by atoms with Crippen LogP contribution in [0.2, 0.25) is 0 Å². The van der Waals surface area contributed by atoms with E-state index in [1.165, 1.54) is 18.7 Å². The van der Waals surface area contributed by atoms with E-state index in [1.807, 2.05) is 4.90 Å². The lowest BCUT2D eigenvalue weighted by atomic mass is 9.98. The number of fused-ring (bicyclic) bond motifs is 1. The number of aliphatic carboxylic acids is 1. The highest BCUT2D eigenvalue weighted by Gasteiger charge is 2.39. The fourth-order valence-electron chi connectivity index (χ4n) is 6.13. The topological polar surface area (TPSA) is 77.9 Å². The molecule has 0 spiro atoms. The van der Waals surface area contributed by atoms with E-state index in [0.29, 0.717) is 13.1 Å². The lowest BCUT2D eigenvalue weighted by Crippen LogP contribution is -2.38. The molecule has 39 heavy (non-hydrogen) atoms. The first kappa shape index (κ1) is 27.8. The number of aryl methyl sites for hydroxylation is 2. The Morgan fingerprint density at radius 2 is 2.05 bits per heavy atom. The van der Waals surface area contributed by atoms with Gasteiger partial charge >= 0.3 is 5.97 Å². The third kappa shape index (κ3) is 6.19. The van der Waals surface area contributed by atoms with Crippen molar-refractivity contribution in [3.8, 4) is 5.75 Å². The van der Waals surface area contributed by atoms with Crippen molar-refractivity contribution in [2.24, 2.45) is 0 Å². The summed E-state index contributed by atoms with van der Waals surface area (Å²) >= 11 is 0. The second-order valence-corrected chi connectivity index (χ2v) is 11.3. The number of hydrogen-bond acceptors (Lipinski definition) is 6. The van der Waals surface area contributed by atoms with Gasteiger partial charge in [-0.1, -0.05) is 12.5 Å². The van der Waals surface area contributed by atoms with Crippen molar-refractivity contribution in [2.45, 2.75) is 75.8 Å². The third-order valence-corrected chi connectivity index (χ3v) is 8.55. The summed E-state index contributed by atoms with van der Waals surface area (Å²) in [6.07, 6.45) is 8.87. The van der Waals surface area contributed by atoms with Crippen LogP contribution in [-0.2, 0) is 17.6 Å². The average Bonchev–Trinajstić information content (AvgIpc) is 3.66. The monoisotopic (exact) mass is 542 g/mol. The van der Waals surface area contributed by atoms with Crippen molar-refractivity contribution in [1.82, 2.24) is 14.8 Å². The molecule has 3 heterocycles. The number of rotatable bonds is 12. The molecule has 0 radical (unpaired) electrons. The Bertz CT molecular complexity index is 1190. The first-order valence-corrected chi connectivity index (χ1v) is 14.3. The van der Waals surface area contributed by atoms with E-state index < -0.39 is 23.6 Å². The molecule has 0 unspecified atom stereocenters. The van der Waals surface area contributed by atoms with Crippen molar-refractivity contribution < 1.29 is 23.4 Å². The molecule has 9 heteroatoms. The second-order valence-electron chi connectivity index (χ2n) is 11.3. The molecule has 1 saturated heterocycles. The first-order valence-electron chi connectivity index (χ1n) is 14.3. The minimum atomic E-state index is -1.09. The van der Waals surface area contributed by atoms with E-state index in [2.05, 4.69) is 29.4 Å². The van der Waals surface area contributed by atoms with Crippen LogP contribution in [0.4, 0.5) is 14.6 Å². The minimum absolute atomic E-state index is 0.0456. The molecule has 2 atom stereocenters. The Morgan fingerprint density at radius 3 is 2.79 bits per heavy atom. The Morgan fingerprint density at radius 1 is 1.23 bits per heavy atom. The number of likely N-dealkylation sites (N-methyl/N-ethyl adjacent to an activating group) is 1. The second kappa shape index (κ2) is 12.2. The zero-order valence-electron chi connectivity index (χ0n) is 23.0. The van der Waals surface area contributed by atoms with Crippen LogP contribution in [0.1, 0.15) is 79.3 Å². The maximum absolute atomic E-state index is 14.9. The van der Waals surface area contributed by atoms with Crippen LogP contribution in [0.15, 0.2) is 18.2 Å². The number of nitrogens with zero attached hydrogens (tertiary/aromatic N) is 3. The highest BCUT2D eigenvalue weighted by molar-refractivity contribution is 5.77. The van der Waals surface area contributed by atoms with Gasteiger partial charge in [-0.05, 0) is 94.1 Å². The van der Waals surface area contributed by atoms with Gasteiger partial charge in [-0.15, -0.1) is 0 Å². The molecule has 2 N–H and O–H groups in total. The molecule has 1 aromatic carbocycles. The normalized spacial score (nSPS) is 20.1. The van der Waals surface area contributed by atoms with Gasteiger partial charge in [0.05, 0.1) is 7.11 Å². The fourth-order valence-corrected chi connectivity index (χ4v) is 6.13. The van der Waals surface area contributed by atoms with Gasteiger partial charge in [0.2, 0.25) is 5.82 Å². The van der Waals surface area contributed by atoms with Crippen LogP contribution in [0.3, 0.4) is 0 Å². The summed E-state index contributed by atoms with van der Waals surface area (Å²) in [5.41, 5.74) is 2.93. The number of ether oxygens (including phenoxy) is 1. The van der Waals surface area contributed by atoms with E-state index in [-0.39, 0.29) is 28.8 Å². The summed E-state index contributed by atoms with van der Waals surface area (Å²) in [6.45, 7) is 3.05. The molecule has 2 fully saturated rings. The van der Waals surface area contributed by atoms with Gasteiger partial charge in [0, 0.05) is 36.9 Å². The summed E-state index contributed by atoms with van der Waals surface area (Å²) in [5.74, 6) is -2.37. The lowest BCUT2D eigenvalue weighted by molar-refractivity contribution is -0.143. The number of aromatic nitrogens is 1. The van der Waals surface area contributed by atoms with E-state index in [1.54, 1.807) is 0 Å². The maximum Gasteiger partial charge on any atom is 0.325 e. The zero-order chi connectivity index (χ0) is 27.5. The van der Waals surface area contributed by atoms with Crippen molar-refractivity contribution in [1.29, 1.82) is 0 Å². The Hall–Kier alpha value is -2.78. The molecular formula is C30H40F2N4O3. The minimum Gasteiger partial charge on any atom is -0.493 e. The van der Waals surface area contributed by atoms with Gasteiger partial charge in [0.25, 0.3) is 0 Å². The molecule has 3 aliphatic rings. The van der Waals surface area contributed by atoms with Crippen LogP contribution >= 0.6 is 0 Å². The zero-order valence-corrected chi connectivity index (χ0v) is 23.0. The molecule has 0 bridgehead atoms. The van der Waals surface area contributed by atoms with Crippen LogP contribution in [0.25, 0.3) is 0 Å². The highest BCUT2D eigenvalue weighted by atomic mass is 19.2. The standard InChI is InChI=1S/C30H40F2N4O3/c1-35(15-5-3-4-8-21-12-11-20-7-6-14-33-29(20)34-21)22-13-16-36(18-22)27(30(37)38)24-17-23(19-9-10-19)25(31)26(32)28(24)39-2/h11-12,17,19,22,27H,3-10,13-16,18H2,1-2H3,(H,33,34)(H,37,38)/t22-,27-/m1/s1. The average molecular weight is 543 g/mol. The largest absolute Gasteiger partial charge is 0.493 e. The van der Waals surface area contributed by atoms with Crippen LogP contribution in [-0.4, -0.2) is 72.2 Å². The number of anilines is 1. The Kier molecular flexibility index (Phi) is 8.67. The summed E-state index contributed by atoms with van der Waals surface area (Å²) in [6, 6.07) is 5.01. The molecule has 1 aromatic heterocycles. The molecular weight excluding hydrogens is 502 g/mol. The molecule has 1 aliphatic carbocycles. The number of carboxylic acid groups (broad SMARTS) is 1. The van der Waals surface area contributed by atoms with Crippen LogP contribution < -0.4 is 10.1 Å². The van der Waals surface area contributed by atoms with Crippen molar-refractivity contribution in [3.05, 3.63) is 52.2 Å².